The minimum atomic E-state index is -4.54. The third kappa shape index (κ3) is 6.08. The maximum atomic E-state index is 12.9. The smallest absolute Gasteiger partial charge is 0.416 e. The number of rotatable bonds is 6. The average Bonchev–Trinajstić information content (AvgIpc) is 2.58. The van der Waals surface area contributed by atoms with Crippen LogP contribution in [-0.2, 0) is 20.5 Å². The van der Waals surface area contributed by atoms with Gasteiger partial charge in [-0.25, -0.2) is 9.18 Å². The Labute approximate surface area is 145 Å². The van der Waals surface area contributed by atoms with Gasteiger partial charge in [0.1, 0.15) is 11.6 Å². The highest BCUT2D eigenvalue weighted by molar-refractivity contribution is 5.92. The number of halogens is 4. The lowest BCUT2D eigenvalue weighted by Gasteiger charge is -2.10. The molecule has 0 spiro atoms. The minimum Gasteiger partial charge on any atom is -0.482 e. The van der Waals surface area contributed by atoms with Gasteiger partial charge in [0, 0.05) is 11.8 Å². The van der Waals surface area contributed by atoms with Gasteiger partial charge >= 0.3 is 12.1 Å². The summed E-state index contributed by atoms with van der Waals surface area (Å²) in [5, 5.41) is 2.18. The third-order valence-electron chi connectivity index (χ3n) is 2.99. The SMILES string of the molecule is O=C(COC(=O)COc1cccc(F)c1)Nc1cccc(C(F)(F)F)c1. The number of hydrogen-bond donors (Lipinski definition) is 1. The van der Waals surface area contributed by atoms with Crippen molar-refractivity contribution in [1.29, 1.82) is 0 Å². The fourth-order valence-corrected chi connectivity index (χ4v) is 1.86. The van der Waals surface area contributed by atoms with Crippen molar-refractivity contribution in [3.8, 4) is 5.75 Å². The highest BCUT2D eigenvalue weighted by atomic mass is 19.4. The molecule has 0 aromatic heterocycles. The quantitative estimate of drug-likeness (QED) is 0.624. The molecule has 5 nitrogen and oxygen atoms in total. The number of carbonyl (C=O) groups excluding carboxylic acids is 2. The molecular formula is C17H13F4NO4. The number of ether oxygens (including phenoxy) is 2. The van der Waals surface area contributed by atoms with Crippen molar-refractivity contribution in [2.75, 3.05) is 18.5 Å². The maximum Gasteiger partial charge on any atom is 0.416 e. The molecule has 0 aliphatic rings. The number of benzene rings is 2. The van der Waals surface area contributed by atoms with Crippen molar-refractivity contribution in [1.82, 2.24) is 0 Å². The number of anilines is 1. The molecule has 26 heavy (non-hydrogen) atoms. The van der Waals surface area contributed by atoms with Crippen molar-refractivity contribution in [2.24, 2.45) is 0 Å². The molecule has 0 aliphatic carbocycles. The van der Waals surface area contributed by atoms with Gasteiger partial charge in [-0.2, -0.15) is 13.2 Å². The molecular weight excluding hydrogens is 358 g/mol. The zero-order valence-electron chi connectivity index (χ0n) is 13.2. The van der Waals surface area contributed by atoms with Crippen LogP contribution in [0.15, 0.2) is 48.5 Å². The van der Waals surface area contributed by atoms with Gasteiger partial charge in [0.25, 0.3) is 5.91 Å². The second-order valence-corrected chi connectivity index (χ2v) is 5.03. The van der Waals surface area contributed by atoms with Crippen LogP contribution in [0.1, 0.15) is 5.56 Å². The van der Waals surface area contributed by atoms with Crippen LogP contribution < -0.4 is 10.1 Å². The first-order valence-corrected chi connectivity index (χ1v) is 7.25. The number of nitrogens with one attached hydrogen (secondary N) is 1. The summed E-state index contributed by atoms with van der Waals surface area (Å²) in [5.74, 6) is -2.15. The fraction of sp³-hybridized carbons (Fsp3) is 0.176. The first-order valence-electron chi connectivity index (χ1n) is 7.25. The lowest BCUT2D eigenvalue weighted by molar-refractivity contribution is -0.149. The summed E-state index contributed by atoms with van der Waals surface area (Å²) >= 11 is 0. The Morgan fingerprint density at radius 1 is 1.00 bits per heavy atom. The molecule has 1 amide bonds. The van der Waals surface area contributed by atoms with Gasteiger partial charge in [0.2, 0.25) is 0 Å². The monoisotopic (exact) mass is 371 g/mol. The Balaban J connectivity index is 1.78. The number of amides is 1. The van der Waals surface area contributed by atoms with Crippen LogP contribution in [0.2, 0.25) is 0 Å². The van der Waals surface area contributed by atoms with E-state index in [-0.39, 0.29) is 11.4 Å². The summed E-state index contributed by atoms with van der Waals surface area (Å²) in [5.41, 5.74) is -1.01. The summed E-state index contributed by atoms with van der Waals surface area (Å²) in [6, 6.07) is 9.09. The first kappa shape index (κ1) is 19.2. The van der Waals surface area contributed by atoms with Crippen LogP contribution in [0, 0.1) is 5.82 Å². The van der Waals surface area contributed by atoms with Gasteiger partial charge in [-0.15, -0.1) is 0 Å². The van der Waals surface area contributed by atoms with Gasteiger partial charge < -0.3 is 14.8 Å². The van der Waals surface area contributed by atoms with Crippen LogP contribution >= 0.6 is 0 Å². The summed E-state index contributed by atoms with van der Waals surface area (Å²) in [6.07, 6.45) is -4.54. The topological polar surface area (TPSA) is 64.6 Å². The highest BCUT2D eigenvalue weighted by Crippen LogP contribution is 2.30. The molecule has 2 rings (SSSR count). The van der Waals surface area contributed by atoms with E-state index in [1.807, 2.05) is 0 Å². The van der Waals surface area contributed by atoms with E-state index < -0.39 is 42.6 Å². The van der Waals surface area contributed by atoms with Crippen LogP contribution in [0.5, 0.6) is 5.75 Å². The molecule has 0 atom stereocenters. The molecule has 0 heterocycles. The van der Waals surface area contributed by atoms with Crippen molar-refractivity contribution in [2.45, 2.75) is 6.18 Å². The average molecular weight is 371 g/mol. The van der Waals surface area contributed by atoms with E-state index in [0.29, 0.717) is 0 Å². The van der Waals surface area contributed by atoms with Crippen molar-refractivity contribution in [3.63, 3.8) is 0 Å². The molecule has 138 valence electrons. The lowest BCUT2D eigenvalue weighted by Crippen LogP contribution is -2.23. The largest absolute Gasteiger partial charge is 0.482 e. The maximum absolute atomic E-state index is 12.9. The second-order valence-electron chi connectivity index (χ2n) is 5.03. The van der Waals surface area contributed by atoms with E-state index in [9.17, 15) is 27.2 Å². The van der Waals surface area contributed by atoms with E-state index in [1.165, 1.54) is 24.3 Å². The molecule has 0 saturated heterocycles. The Morgan fingerprint density at radius 3 is 2.42 bits per heavy atom. The summed E-state index contributed by atoms with van der Waals surface area (Å²) in [7, 11) is 0. The summed E-state index contributed by atoms with van der Waals surface area (Å²) < 4.78 is 60.3. The predicted octanol–water partition coefficient (Wildman–Crippen LogP) is 3.41. The Morgan fingerprint density at radius 2 is 1.73 bits per heavy atom. The van der Waals surface area contributed by atoms with Gasteiger partial charge in [-0.3, -0.25) is 4.79 Å². The molecule has 0 aliphatic heterocycles. The summed E-state index contributed by atoms with van der Waals surface area (Å²) in [6.45, 7) is -1.26. The first-order chi connectivity index (χ1) is 12.2. The van der Waals surface area contributed by atoms with Crippen LogP contribution in [0.4, 0.5) is 23.2 Å². The third-order valence-corrected chi connectivity index (χ3v) is 2.99. The van der Waals surface area contributed by atoms with Crippen molar-refractivity contribution < 1.29 is 36.6 Å². The second kappa shape index (κ2) is 8.32. The van der Waals surface area contributed by atoms with Crippen molar-refractivity contribution >= 4 is 17.6 Å². The van der Waals surface area contributed by atoms with Gasteiger partial charge in [-0.05, 0) is 30.3 Å². The predicted molar refractivity (Wildman–Crippen MR) is 82.9 cm³/mol. The molecule has 0 saturated carbocycles. The Hall–Kier alpha value is -3.10. The van der Waals surface area contributed by atoms with E-state index in [1.54, 1.807) is 0 Å². The van der Waals surface area contributed by atoms with E-state index >= 15 is 0 Å². The number of carbonyl (C=O) groups is 2. The zero-order chi connectivity index (χ0) is 19.2. The fourth-order valence-electron chi connectivity index (χ4n) is 1.86. The van der Waals surface area contributed by atoms with Crippen LogP contribution in [0.25, 0.3) is 0 Å². The lowest BCUT2D eigenvalue weighted by atomic mass is 10.2. The molecule has 0 unspecified atom stereocenters. The highest BCUT2D eigenvalue weighted by Gasteiger charge is 2.30. The van der Waals surface area contributed by atoms with Crippen LogP contribution in [-0.4, -0.2) is 25.1 Å². The van der Waals surface area contributed by atoms with E-state index in [2.05, 4.69) is 10.1 Å². The van der Waals surface area contributed by atoms with E-state index in [4.69, 9.17) is 4.74 Å². The normalized spacial score (nSPS) is 10.9. The Bertz CT molecular complexity index is 792. The molecule has 9 heteroatoms. The van der Waals surface area contributed by atoms with Crippen LogP contribution in [0.3, 0.4) is 0 Å². The summed E-state index contributed by atoms with van der Waals surface area (Å²) in [4.78, 5) is 23.1. The van der Waals surface area contributed by atoms with Crippen molar-refractivity contribution in [3.05, 3.63) is 59.9 Å². The number of hydrogen-bond acceptors (Lipinski definition) is 4. The zero-order valence-corrected chi connectivity index (χ0v) is 13.2. The van der Waals surface area contributed by atoms with Gasteiger partial charge in [-0.1, -0.05) is 12.1 Å². The molecule has 0 bridgehead atoms. The molecule has 2 aromatic rings. The standard InChI is InChI=1S/C17H13F4NO4/c18-12-4-2-6-14(8-12)25-10-16(24)26-9-15(23)22-13-5-1-3-11(7-13)17(19,20)21/h1-8H,9-10H2,(H,22,23). The number of alkyl halides is 3. The molecule has 0 fully saturated rings. The molecule has 0 radical (unpaired) electrons. The molecule has 2 aromatic carbocycles. The Kier molecular flexibility index (Phi) is 6.16. The van der Waals surface area contributed by atoms with Gasteiger partial charge in [0.05, 0.1) is 5.56 Å². The minimum absolute atomic E-state index is 0.0862. The molecule has 1 N–H and O–H groups in total. The number of esters is 1. The van der Waals surface area contributed by atoms with E-state index in [0.717, 1.165) is 24.3 Å². The van der Waals surface area contributed by atoms with Gasteiger partial charge in [0.15, 0.2) is 13.2 Å².